The summed E-state index contributed by atoms with van der Waals surface area (Å²) in [7, 11) is 1.98. The molecule has 0 saturated carbocycles. The predicted octanol–water partition coefficient (Wildman–Crippen LogP) is 5.59. The predicted molar refractivity (Wildman–Crippen MR) is 123 cm³/mol. The van der Waals surface area contributed by atoms with Crippen LogP contribution in [0.2, 0.25) is 0 Å². The Hall–Kier alpha value is -3.87. The van der Waals surface area contributed by atoms with E-state index in [2.05, 4.69) is 47.7 Å². The van der Waals surface area contributed by atoms with Crippen molar-refractivity contribution in [2.75, 3.05) is 10.6 Å². The monoisotopic (exact) mass is 415 g/mol. The Balaban J connectivity index is 1.58. The van der Waals surface area contributed by atoms with Crippen molar-refractivity contribution >= 4 is 34.4 Å². The standard InChI is InChI=1S/C24H25N5O2/c1-15(2)17-6-5-7-18(12-17)27-24-28-21-13-19(8-9-22(21)29(24)4)31-20-10-11-25-23(14-20)26-16(3)30/h5-15H,1-4H3,(H,27,28)(H,25,26,30). The van der Waals surface area contributed by atoms with E-state index in [1.54, 1.807) is 18.3 Å². The summed E-state index contributed by atoms with van der Waals surface area (Å²) in [6.45, 7) is 5.80. The fourth-order valence-electron chi connectivity index (χ4n) is 3.32. The number of fused-ring (bicyclic) bond motifs is 1. The van der Waals surface area contributed by atoms with Crippen LogP contribution in [0.15, 0.2) is 60.8 Å². The minimum Gasteiger partial charge on any atom is -0.457 e. The Kier molecular flexibility index (Phi) is 5.58. The molecule has 0 aliphatic heterocycles. The third-order valence-corrected chi connectivity index (χ3v) is 4.93. The molecule has 31 heavy (non-hydrogen) atoms. The Labute approximate surface area is 181 Å². The number of carbonyl (C=O) groups is 1. The fraction of sp³-hybridized carbons (Fsp3) is 0.208. The normalized spacial score (nSPS) is 11.0. The number of aryl methyl sites for hydroxylation is 1. The minimum absolute atomic E-state index is 0.182. The van der Waals surface area contributed by atoms with Crippen LogP contribution in [0, 0.1) is 0 Å². The Morgan fingerprint density at radius 1 is 1.06 bits per heavy atom. The first-order chi connectivity index (χ1) is 14.9. The van der Waals surface area contributed by atoms with Gasteiger partial charge in [0.15, 0.2) is 0 Å². The molecule has 0 radical (unpaired) electrons. The Morgan fingerprint density at radius 2 is 1.87 bits per heavy atom. The fourth-order valence-corrected chi connectivity index (χ4v) is 3.32. The summed E-state index contributed by atoms with van der Waals surface area (Å²) in [6.07, 6.45) is 1.59. The molecule has 0 aliphatic carbocycles. The molecule has 4 aromatic rings. The molecule has 0 fully saturated rings. The van der Waals surface area contributed by atoms with Gasteiger partial charge >= 0.3 is 0 Å². The molecule has 0 spiro atoms. The number of hydrogen-bond donors (Lipinski definition) is 2. The molecule has 2 N–H and O–H groups in total. The molecule has 2 aromatic carbocycles. The van der Waals surface area contributed by atoms with Crippen molar-refractivity contribution < 1.29 is 9.53 Å². The van der Waals surface area contributed by atoms with Gasteiger partial charge in [-0.1, -0.05) is 26.0 Å². The van der Waals surface area contributed by atoms with Crippen molar-refractivity contribution in [3.05, 3.63) is 66.4 Å². The van der Waals surface area contributed by atoms with Crippen LogP contribution in [0.5, 0.6) is 11.5 Å². The van der Waals surface area contributed by atoms with E-state index in [0.717, 1.165) is 22.7 Å². The topological polar surface area (TPSA) is 81.1 Å². The van der Waals surface area contributed by atoms with Gasteiger partial charge < -0.3 is 19.9 Å². The summed E-state index contributed by atoms with van der Waals surface area (Å²) in [4.78, 5) is 20.1. The van der Waals surface area contributed by atoms with Crippen molar-refractivity contribution in [1.29, 1.82) is 0 Å². The van der Waals surface area contributed by atoms with E-state index in [4.69, 9.17) is 9.72 Å². The molecule has 7 heteroatoms. The highest BCUT2D eigenvalue weighted by Crippen LogP contribution is 2.29. The van der Waals surface area contributed by atoms with Crippen LogP contribution in [0.3, 0.4) is 0 Å². The number of imidazole rings is 1. The molecule has 0 saturated heterocycles. The summed E-state index contributed by atoms with van der Waals surface area (Å²) in [5, 5.41) is 6.07. The van der Waals surface area contributed by atoms with Crippen molar-refractivity contribution in [2.24, 2.45) is 7.05 Å². The van der Waals surface area contributed by atoms with Gasteiger partial charge in [-0.3, -0.25) is 4.79 Å². The van der Waals surface area contributed by atoms with Crippen LogP contribution in [0.4, 0.5) is 17.5 Å². The summed E-state index contributed by atoms with van der Waals surface area (Å²) in [5.74, 6) is 2.71. The van der Waals surface area contributed by atoms with Crippen LogP contribution < -0.4 is 15.4 Å². The summed E-state index contributed by atoms with van der Waals surface area (Å²) in [5.41, 5.74) is 4.08. The molecule has 158 valence electrons. The van der Waals surface area contributed by atoms with Crippen molar-refractivity contribution in [3.63, 3.8) is 0 Å². The van der Waals surface area contributed by atoms with Gasteiger partial charge in [0.25, 0.3) is 0 Å². The number of carbonyl (C=O) groups excluding carboxylic acids is 1. The van der Waals surface area contributed by atoms with E-state index in [9.17, 15) is 4.79 Å². The summed E-state index contributed by atoms with van der Waals surface area (Å²) < 4.78 is 7.97. The third kappa shape index (κ3) is 4.66. The molecule has 2 aromatic heterocycles. The zero-order valence-electron chi connectivity index (χ0n) is 18.0. The van der Waals surface area contributed by atoms with Gasteiger partial charge in [-0.15, -0.1) is 0 Å². The number of ether oxygens (including phenoxy) is 1. The van der Waals surface area contributed by atoms with Crippen LogP contribution in [0.25, 0.3) is 11.0 Å². The quantitative estimate of drug-likeness (QED) is 0.429. The van der Waals surface area contributed by atoms with E-state index >= 15 is 0 Å². The maximum atomic E-state index is 11.2. The molecular formula is C24H25N5O2. The molecule has 1 amide bonds. The number of pyridine rings is 1. The largest absolute Gasteiger partial charge is 0.457 e. The van der Waals surface area contributed by atoms with Gasteiger partial charge in [-0.2, -0.15) is 0 Å². The van der Waals surface area contributed by atoms with E-state index < -0.39 is 0 Å². The third-order valence-electron chi connectivity index (χ3n) is 4.93. The lowest BCUT2D eigenvalue weighted by Crippen LogP contribution is -2.07. The maximum absolute atomic E-state index is 11.2. The van der Waals surface area contributed by atoms with Crippen molar-refractivity contribution in [1.82, 2.24) is 14.5 Å². The number of benzene rings is 2. The SMILES string of the molecule is CC(=O)Nc1cc(Oc2ccc3c(c2)nc(Nc2cccc(C(C)C)c2)n3C)ccn1. The molecule has 0 atom stereocenters. The zero-order valence-corrected chi connectivity index (χ0v) is 18.0. The lowest BCUT2D eigenvalue weighted by Gasteiger charge is -2.10. The average molecular weight is 415 g/mol. The van der Waals surface area contributed by atoms with Crippen molar-refractivity contribution in [3.8, 4) is 11.5 Å². The maximum Gasteiger partial charge on any atom is 0.222 e. The van der Waals surface area contributed by atoms with Crippen LogP contribution in [-0.2, 0) is 11.8 Å². The smallest absolute Gasteiger partial charge is 0.222 e. The summed E-state index contributed by atoms with van der Waals surface area (Å²) >= 11 is 0. The van der Waals surface area contributed by atoms with Crippen LogP contribution in [0.1, 0.15) is 32.3 Å². The highest BCUT2D eigenvalue weighted by atomic mass is 16.5. The van der Waals surface area contributed by atoms with Gasteiger partial charge in [0.1, 0.15) is 17.3 Å². The molecule has 0 unspecified atom stereocenters. The van der Waals surface area contributed by atoms with Crippen molar-refractivity contribution in [2.45, 2.75) is 26.7 Å². The van der Waals surface area contributed by atoms with Gasteiger partial charge in [-0.05, 0) is 41.8 Å². The number of amides is 1. The second-order valence-corrected chi connectivity index (χ2v) is 7.71. The lowest BCUT2D eigenvalue weighted by molar-refractivity contribution is -0.114. The van der Waals surface area contributed by atoms with Gasteiger partial charge in [0.05, 0.1) is 11.0 Å². The highest BCUT2D eigenvalue weighted by molar-refractivity contribution is 5.87. The minimum atomic E-state index is -0.182. The molecule has 2 heterocycles. The average Bonchev–Trinajstić information content (AvgIpc) is 3.02. The van der Waals surface area contributed by atoms with E-state index in [0.29, 0.717) is 23.2 Å². The number of nitrogens with one attached hydrogen (secondary N) is 2. The Bertz CT molecular complexity index is 1250. The van der Waals surface area contributed by atoms with E-state index in [1.165, 1.54) is 12.5 Å². The number of aromatic nitrogens is 3. The molecule has 0 aliphatic rings. The van der Waals surface area contributed by atoms with Gasteiger partial charge in [0.2, 0.25) is 11.9 Å². The molecule has 0 bridgehead atoms. The molecule has 4 rings (SSSR count). The van der Waals surface area contributed by atoms with Crippen LogP contribution >= 0.6 is 0 Å². The summed E-state index contributed by atoms with van der Waals surface area (Å²) in [6, 6.07) is 17.5. The van der Waals surface area contributed by atoms with Crippen LogP contribution in [-0.4, -0.2) is 20.4 Å². The highest BCUT2D eigenvalue weighted by Gasteiger charge is 2.11. The van der Waals surface area contributed by atoms with E-state index in [-0.39, 0.29) is 5.91 Å². The van der Waals surface area contributed by atoms with Gasteiger partial charge in [-0.25, -0.2) is 9.97 Å². The first kappa shape index (κ1) is 20.4. The Morgan fingerprint density at radius 3 is 2.65 bits per heavy atom. The molecule has 7 nitrogen and oxygen atoms in total. The van der Waals surface area contributed by atoms with E-state index in [1.807, 2.05) is 35.9 Å². The second kappa shape index (κ2) is 8.47. The number of hydrogen-bond acceptors (Lipinski definition) is 5. The number of rotatable bonds is 6. The van der Waals surface area contributed by atoms with Gasteiger partial charge in [0, 0.05) is 38.0 Å². The first-order valence-corrected chi connectivity index (χ1v) is 10.1. The zero-order chi connectivity index (χ0) is 22.0. The number of nitrogens with zero attached hydrogens (tertiary/aromatic N) is 3. The molecular weight excluding hydrogens is 390 g/mol. The lowest BCUT2D eigenvalue weighted by atomic mass is 10.0. The second-order valence-electron chi connectivity index (χ2n) is 7.71. The number of anilines is 3. The first-order valence-electron chi connectivity index (χ1n) is 10.1.